The van der Waals surface area contributed by atoms with Crippen LogP contribution in [-0.4, -0.2) is 19.6 Å². The van der Waals surface area contributed by atoms with E-state index in [-0.39, 0.29) is 0 Å². The summed E-state index contributed by atoms with van der Waals surface area (Å²) in [6.45, 7) is 11.4. The molecule has 0 aliphatic carbocycles. The number of nitrogens with one attached hydrogen (secondary N) is 1. The molecule has 1 heterocycles. The third-order valence-electron chi connectivity index (χ3n) is 4.46. The lowest BCUT2D eigenvalue weighted by Crippen LogP contribution is -2.39. The predicted molar refractivity (Wildman–Crippen MR) is 91.3 cm³/mol. The van der Waals surface area contributed by atoms with E-state index in [0.29, 0.717) is 0 Å². The zero-order chi connectivity index (χ0) is 14.5. The van der Waals surface area contributed by atoms with E-state index in [1.807, 2.05) is 0 Å². The molecule has 0 spiro atoms. The first-order chi connectivity index (χ1) is 9.61. The van der Waals surface area contributed by atoms with Gasteiger partial charge in [0.1, 0.15) is 0 Å². The molecule has 2 rings (SSSR count). The molecule has 1 N–H and O–H groups in total. The first-order valence-corrected chi connectivity index (χ1v) is 8.65. The maximum absolute atomic E-state index is 3.62. The number of hydrogen-bond acceptors (Lipinski definition) is 2. The van der Waals surface area contributed by atoms with Gasteiger partial charge in [0.05, 0.1) is 0 Å². The molecule has 0 bridgehead atoms. The van der Waals surface area contributed by atoms with Crippen LogP contribution in [0.3, 0.4) is 0 Å². The first kappa shape index (κ1) is 15.8. The van der Waals surface area contributed by atoms with Gasteiger partial charge in [0.25, 0.3) is 0 Å². The monoisotopic (exact) mass is 338 g/mol. The third-order valence-corrected chi connectivity index (χ3v) is 4.96. The van der Waals surface area contributed by atoms with Crippen LogP contribution in [0.2, 0.25) is 0 Å². The number of benzene rings is 1. The second-order valence-electron chi connectivity index (χ2n) is 6.14. The molecule has 1 aliphatic rings. The van der Waals surface area contributed by atoms with Gasteiger partial charge in [-0.3, -0.25) is 0 Å². The predicted octanol–water partition coefficient (Wildman–Crippen LogP) is 4.43. The lowest BCUT2D eigenvalue weighted by molar-refractivity contribution is 0.323. The molecular formula is C17H27BrN2. The number of anilines is 1. The van der Waals surface area contributed by atoms with E-state index in [0.717, 1.165) is 24.9 Å². The van der Waals surface area contributed by atoms with E-state index in [4.69, 9.17) is 0 Å². The first-order valence-electron chi connectivity index (χ1n) is 7.86. The van der Waals surface area contributed by atoms with Crippen molar-refractivity contribution < 1.29 is 0 Å². The molecule has 1 aromatic carbocycles. The largest absolute Gasteiger partial charge is 0.371 e. The van der Waals surface area contributed by atoms with Crippen molar-refractivity contribution in [3.63, 3.8) is 0 Å². The number of hydrogen-bond donors (Lipinski definition) is 1. The van der Waals surface area contributed by atoms with E-state index < -0.39 is 0 Å². The van der Waals surface area contributed by atoms with E-state index >= 15 is 0 Å². The molecule has 2 atom stereocenters. The summed E-state index contributed by atoms with van der Waals surface area (Å²) in [5.41, 5.74) is 2.82. The van der Waals surface area contributed by atoms with Gasteiger partial charge in [-0.05, 0) is 48.9 Å². The fourth-order valence-corrected chi connectivity index (χ4v) is 3.21. The van der Waals surface area contributed by atoms with Crippen LogP contribution in [0.4, 0.5) is 5.69 Å². The molecule has 2 nitrogen and oxygen atoms in total. The highest BCUT2D eigenvalue weighted by atomic mass is 79.9. The molecule has 2 unspecified atom stereocenters. The molecule has 0 radical (unpaired) electrons. The highest BCUT2D eigenvalue weighted by Crippen LogP contribution is 2.31. The van der Waals surface area contributed by atoms with Crippen LogP contribution in [0.25, 0.3) is 0 Å². The highest BCUT2D eigenvalue weighted by Gasteiger charge is 2.24. The Labute approximate surface area is 132 Å². The smallest absolute Gasteiger partial charge is 0.0423 e. The van der Waals surface area contributed by atoms with Crippen molar-refractivity contribution >= 4 is 21.6 Å². The zero-order valence-corrected chi connectivity index (χ0v) is 14.5. The fraction of sp³-hybridized carbons (Fsp3) is 0.647. The summed E-state index contributed by atoms with van der Waals surface area (Å²) >= 11 is 3.62. The van der Waals surface area contributed by atoms with Gasteiger partial charge in [0, 0.05) is 29.8 Å². The molecule has 1 aliphatic heterocycles. The average molecular weight is 339 g/mol. The summed E-state index contributed by atoms with van der Waals surface area (Å²) < 4.78 is 1.18. The van der Waals surface area contributed by atoms with Crippen molar-refractivity contribution in [2.75, 3.05) is 24.5 Å². The van der Waals surface area contributed by atoms with Crippen LogP contribution in [-0.2, 0) is 6.54 Å². The summed E-state index contributed by atoms with van der Waals surface area (Å²) in [5, 5.41) is 3.53. The van der Waals surface area contributed by atoms with E-state index in [1.165, 1.54) is 41.7 Å². The van der Waals surface area contributed by atoms with Gasteiger partial charge in [-0.2, -0.15) is 0 Å². The van der Waals surface area contributed by atoms with Crippen molar-refractivity contribution in [2.45, 2.75) is 40.2 Å². The van der Waals surface area contributed by atoms with Gasteiger partial charge in [-0.15, -0.1) is 0 Å². The molecule has 1 aromatic rings. The highest BCUT2D eigenvalue weighted by molar-refractivity contribution is 9.10. The van der Waals surface area contributed by atoms with E-state index in [2.05, 4.69) is 65.1 Å². The Bertz CT molecular complexity index is 433. The zero-order valence-electron chi connectivity index (χ0n) is 13.0. The quantitative estimate of drug-likeness (QED) is 0.799. The summed E-state index contributed by atoms with van der Waals surface area (Å²) in [4.78, 5) is 2.57. The Hall–Kier alpha value is -0.540. The van der Waals surface area contributed by atoms with Crippen molar-refractivity contribution in [1.82, 2.24) is 5.32 Å². The van der Waals surface area contributed by atoms with Gasteiger partial charge in [-0.1, -0.05) is 42.8 Å². The van der Waals surface area contributed by atoms with Crippen LogP contribution < -0.4 is 10.2 Å². The Morgan fingerprint density at radius 2 is 2.10 bits per heavy atom. The average Bonchev–Trinajstić information content (AvgIpc) is 2.44. The number of nitrogens with zero attached hydrogens (tertiary/aromatic N) is 1. The molecule has 0 saturated carbocycles. The number of piperidine rings is 1. The second kappa shape index (κ2) is 7.46. The van der Waals surface area contributed by atoms with Crippen molar-refractivity contribution in [1.29, 1.82) is 0 Å². The van der Waals surface area contributed by atoms with E-state index in [1.54, 1.807) is 0 Å². The summed E-state index contributed by atoms with van der Waals surface area (Å²) in [7, 11) is 0. The Balaban J connectivity index is 2.14. The normalized spacial score (nSPS) is 23.1. The van der Waals surface area contributed by atoms with Crippen LogP contribution in [0.1, 0.15) is 39.2 Å². The van der Waals surface area contributed by atoms with Crippen molar-refractivity contribution in [3.8, 4) is 0 Å². The molecule has 112 valence electrons. The molecule has 0 aromatic heterocycles. The van der Waals surface area contributed by atoms with Crippen molar-refractivity contribution in [2.24, 2.45) is 11.8 Å². The Morgan fingerprint density at radius 3 is 2.80 bits per heavy atom. The minimum absolute atomic E-state index is 0.777. The lowest BCUT2D eigenvalue weighted by Gasteiger charge is -2.38. The van der Waals surface area contributed by atoms with Crippen molar-refractivity contribution in [3.05, 3.63) is 28.2 Å². The van der Waals surface area contributed by atoms with Gasteiger partial charge in [0.2, 0.25) is 0 Å². The maximum atomic E-state index is 3.62. The van der Waals surface area contributed by atoms with Crippen LogP contribution in [0.15, 0.2) is 22.7 Å². The minimum Gasteiger partial charge on any atom is -0.371 e. The Kier molecular flexibility index (Phi) is 5.91. The molecule has 0 amide bonds. The maximum Gasteiger partial charge on any atom is 0.0423 e. The van der Waals surface area contributed by atoms with Gasteiger partial charge >= 0.3 is 0 Å². The SMILES string of the molecule is CCCNCc1ccc(Br)cc1N1CCC(C)C(C)C1. The fourth-order valence-electron chi connectivity index (χ4n) is 2.86. The lowest BCUT2D eigenvalue weighted by atomic mass is 9.88. The minimum atomic E-state index is 0.777. The Morgan fingerprint density at radius 1 is 1.30 bits per heavy atom. The molecule has 1 fully saturated rings. The number of halogens is 1. The van der Waals surface area contributed by atoms with Gasteiger partial charge < -0.3 is 10.2 Å². The molecular weight excluding hydrogens is 312 g/mol. The summed E-state index contributed by atoms with van der Waals surface area (Å²) in [6, 6.07) is 6.69. The topological polar surface area (TPSA) is 15.3 Å². The molecule has 1 saturated heterocycles. The van der Waals surface area contributed by atoms with Gasteiger partial charge in [0.15, 0.2) is 0 Å². The number of rotatable bonds is 5. The van der Waals surface area contributed by atoms with Crippen LogP contribution in [0, 0.1) is 11.8 Å². The van der Waals surface area contributed by atoms with E-state index in [9.17, 15) is 0 Å². The molecule has 3 heteroatoms. The standard InChI is InChI=1S/C17H27BrN2/c1-4-8-19-11-15-5-6-16(18)10-17(15)20-9-7-13(2)14(3)12-20/h5-6,10,13-14,19H,4,7-9,11-12H2,1-3H3. The summed E-state index contributed by atoms with van der Waals surface area (Å²) in [5.74, 6) is 1.62. The second-order valence-corrected chi connectivity index (χ2v) is 7.05. The summed E-state index contributed by atoms with van der Waals surface area (Å²) in [6.07, 6.45) is 2.49. The third kappa shape index (κ3) is 3.98. The van der Waals surface area contributed by atoms with Gasteiger partial charge in [-0.25, -0.2) is 0 Å². The molecule has 20 heavy (non-hydrogen) atoms. The van der Waals surface area contributed by atoms with Crippen LogP contribution in [0.5, 0.6) is 0 Å². The van der Waals surface area contributed by atoms with Crippen LogP contribution >= 0.6 is 15.9 Å².